The largest absolute Gasteiger partial charge is 0.456 e. The first-order valence-corrected chi connectivity index (χ1v) is 6.44. The molecule has 19 heavy (non-hydrogen) atoms. The number of benzene rings is 2. The van der Waals surface area contributed by atoms with E-state index < -0.39 is 17.7 Å². The first-order chi connectivity index (χ1) is 8.97. The second kappa shape index (κ2) is 5.67. The minimum Gasteiger partial charge on any atom is -0.456 e. The number of hydrogen-bond acceptors (Lipinski definition) is 2. The Bertz CT molecular complexity index is 602. The zero-order valence-electron chi connectivity index (χ0n) is 10.2. The van der Waals surface area contributed by atoms with Gasteiger partial charge < -0.3 is 10.5 Å². The lowest BCUT2D eigenvalue weighted by Gasteiger charge is -2.14. The Morgan fingerprint density at radius 1 is 1.05 bits per heavy atom. The number of ether oxygens (including phenoxy) is 1. The fourth-order valence-corrected chi connectivity index (χ4v) is 1.97. The maximum atomic E-state index is 13.2. The van der Waals surface area contributed by atoms with E-state index in [1.807, 2.05) is 0 Å². The van der Waals surface area contributed by atoms with Crippen molar-refractivity contribution >= 4 is 15.9 Å². The standard InChI is InChI=1S/C14H12BrF2NO/c1-8(18)11-6-9(16)3-5-13(11)19-14-7-10(17)2-4-12(14)15/h2-8H,18H2,1H3/t8-/m0/s1. The number of hydrogen-bond donors (Lipinski definition) is 1. The van der Waals surface area contributed by atoms with Crippen molar-refractivity contribution in [2.75, 3.05) is 0 Å². The molecule has 0 radical (unpaired) electrons. The molecular weight excluding hydrogens is 316 g/mol. The van der Waals surface area contributed by atoms with Crippen molar-refractivity contribution in [1.29, 1.82) is 0 Å². The number of halogens is 3. The molecule has 0 aliphatic carbocycles. The molecule has 2 aromatic rings. The average Bonchev–Trinajstić information content (AvgIpc) is 2.35. The summed E-state index contributed by atoms with van der Waals surface area (Å²) in [6, 6.07) is 7.78. The summed E-state index contributed by atoms with van der Waals surface area (Å²) in [4.78, 5) is 0. The Balaban J connectivity index is 2.40. The van der Waals surface area contributed by atoms with Crippen LogP contribution in [0, 0.1) is 11.6 Å². The van der Waals surface area contributed by atoms with Gasteiger partial charge in [0.1, 0.15) is 23.1 Å². The summed E-state index contributed by atoms with van der Waals surface area (Å²) >= 11 is 3.27. The van der Waals surface area contributed by atoms with E-state index in [2.05, 4.69) is 15.9 Å². The van der Waals surface area contributed by atoms with Gasteiger partial charge in [0.15, 0.2) is 0 Å². The van der Waals surface area contributed by atoms with E-state index in [0.29, 0.717) is 21.5 Å². The highest BCUT2D eigenvalue weighted by Crippen LogP contribution is 2.34. The second-order valence-electron chi connectivity index (χ2n) is 4.15. The van der Waals surface area contributed by atoms with E-state index >= 15 is 0 Å². The van der Waals surface area contributed by atoms with Crippen LogP contribution in [0.1, 0.15) is 18.5 Å². The van der Waals surface area contributed by atoms with E-state index in [0.717, 1.165) is 0 Å². The van der Waals surface area contributed by atoms with Gasteiger partial charge in [-0.15, -0.1) is 0 Å². The summed E-state index contributed by atoms with van der Waals surface area (Å²) < 4.78 is 32.6. The molecule has 2 aromatic carbocycles. The maximum Gasteiger partial charge on any atom is 0.144 e. The third-order valence-corrected chi connectivity index (χ3v) is 3.23. The van der Waals surface area contributed by atoms with Crippen LogP contribution in [0.3, 0.4) is 0 Å². The van der Waals surface area contributed by atoms with Crippen LogP contribution in [0.2, 0.25) is 0 Å². The molecular formula is C14H12BrF2NO. The van der Waals surface area contributed by atoms with Gasteiger partial charge in [0.05, 0.1) is 4.47 Å². The molecule has 0 saturated heterocycles. The molecule has 0 aromatic heterocycles. The van der Waals surface area contributed by atoms with Crippen LogP contribution in [-0.2, 0) is 0 Å². The zero-order valence-corrected chi connectivity index (χ0v) is 11.7. The van der Waals surface area contributed by atoms with Crippen molar-refractivity contribution in [3.63, 3.8) is 0 Å². The minimum atomic E-state index is -0.414. The fourth-order valence-electron chi connectivity index (χ4n) is 1.64. The van der Waals surface area contributed by atoms with Crippen molar-refractivity contribution in [3.8, 4) is 11.5 Å². The molecule has 100 valence electrons. The number of rotatable bonds is 3. The molecule has 0 amide bonds. The van der Waals surface area contributed by atoms with E-state index in [1.165, 1.54) is 30.3 Å². The fraction of sp³-hybridized carbons (Fsp3) is 0.143. The van der Waals surface area contributed by atoms with Crippen molar-refractivity contribution in [1.82, 2.24) is 0 Å². The summed E-state index contributed by atoms with van der Waals surface area (Å²) in [7, 11) is 0. The lowest BCUT2D eigenvalue weighted by atomic mass is 10.1. The van der Waals surface area contributed by atoms with Crippen molar-refractivity contribution in [2.24, 2.45) is 5.73 Å². The van der Waals surface area contributed by atoms with Crippen LogP contribution >= 0.6 is 15.9 Å². The summed E-state index contributed by atoms with van der Waals surface area (Å²) in [5.41, 5.74) is 6.30. The lowest BCUT2D eigenvalue weighted by Crippen LogP contribution is -2.07. The molecule has 0 bridgehead atoms. The molecule has 0 heterocycles. The minimum absolute atomic E-state index is 0.313. The first-order valence-electron chi connectivity index (χ1n) is 5.65. The molecule has 0 fully saturated rings. The first kappa shape index (κ1) is 14.0. The molecule has 0 unspecified atom stereocenters. The topological polar surface area (TPSA) is 35.2 Å². The molecule has 1 atom stereocenters. The molecule has 5 heteroatoms. The SMILES string of the molecule is C[C@H](N)c1cc(F)ccc1Oc1cc(F)ccc1Br. The maximum absolute atomic E-state index is 13.2. The summed E-state index contributed by atoms with van der Waals surface area (Å²) in [6.07, 6.45) is 0. The monoisotopic (exact) mass is 327 g/mol. The Morgan fingerprint density at radius 3 is 2.37 bits per heavy atom. The quantitative estimate of drug-likeness (QED) is 0.898. The third kappa shape index (κ3) is 3.30. The molecule has 2 nitrogen and oxygen atoms in total. The average molecular weight is 328 g/mol. The van der Waals surface area contributed by atoms with Gasteiger partial charge in [-0.2, -0.15) is 0 Å². The van der Waals surface area contributed by atoms with E-state index in [1.54, 1.807) is 13.0 Å². The van der Waals surface area contributed by atoms with Crippen LogP contribution in [0.5, 0.6) is 11.5 Å². The van der Waals surface area contributed by atoms with Gasteiger partial charge in [-0.05, 0) is 53.2 Å². The van der Waals surface area contributed by atoms with Gasteiger partial charge >= 0.3 is 0 Å². The summed E-state index contributed by atoms with van der Waals surface area (Å²) in [5, 5.41) is 0. The Morgan fingerprint density at radius 2 is 1.68 bits per heavy atom. The van der Waals surface area contributed by atoms with Gasteiger partial charge in [-0.25, -0.2) is 8.78 Å². The molecule has 2 rings (SSSR count). The molecule has 0 spiro atoms. The van der Waals surface area contributed by atoms with Crippen LogP contribution in [0.25, 0.3) is 0 Å². The van der Waals surface area contributed by atoms with Crippen LogP contribution in [0.15, 0.2) is 40.9 Å². The van der Waals surface area contributed by atoms with E-state index in [4.69, 9.17) is 10.5 Å². The summed E-state index contributed by atoms with van der Waals surface area (Å²) in [5.74, 6) is -0.0863. The van der Waals surface area contributed by atoms with Crippen LogP contribution in [-0.4, -0.2) is 0 Å². The van der Waals surface area contributed by atoms with Gasteiger partial charge in [0, 0.05) is 17.7 Å². The molecule has 0 aliphatic rings. The van der Waals surface area contributed by atoms with Gasteiger partial charge in [0.25, 0.3) is 0 Å². The van der Waals surface area contributed by atoms with Crippen molar-refractivity contribution in [3.05, 3.63) is 58.1 Å². The highest BCUT2D eigenvalue weighted by Gasteiger charge is 2.12. The van der Waals surface area contributed by atoms with Crippen molar-refractivity contribution < 1.29 is 13.5 Å². The van der Waals surface area contributed by atoms with E-state index in [9.17, 15) is 8.78 Å². The number of nitrogens with two attached hydrogens (primary N) is 1. The smallest absolute Gasteiger partial charge is 0.144 e. The second-order valence-corrected chi connectivity index (χ2v) is 5.00. The van der Waals surface area contributed by atoms with Gasteiger partial charge in [-0.3, -0.25) is 0 Å². The van der Waals surface area contributed by atoms with Crippen LogP contribution < -0.4 is 10.5 Å². The molecule has 0 aliphatic heterocycles. The lowest BCUT2D eigenvalue weighted by molar-refractivity contribution is 0.461. The highest BCUT2D eigenvalue weighted by molar-refractivity contribution is 9.10. The Hall–Kier alpha value is -1.46. The van der Waals surface area contributed by atoms with E-state index in [-0.39, 0.29) is 0 Å². The Labute approximate surface area is 118 Å². The van der Waals surface area contributed by atoms with Gasteiger partial charge in [-0.1, -0.05) is 0 Å². The van der Waals surface area contributed by atoms with Gasteiger partial charge in [0.2, 0.25) is 0 Å². The van der Waals surface area contributed by atoms with Crippen molar-refractivity contribution in [2.45, 2.75) is 13.0 Å². The predicted octanol–water partition coefficient (Wildman–Crippen LogP) is 4.54. The zero-order chi connectivity index (χ0) is 14.0. The predicted molar refractivity (Wildman–Crippen MR) is 73.2 cm³/mol. The van der Waals surface area contributed by atoms with Crippen LogP contribution in [0.4, 0.5) is 8.78 Å². The Kier molecular flexibility index (Phi) is 4.17. The molecule has 2 N–H and O–H groups in total. The molecule has 0 saturated carbocycles. The summed E-state index contributed by atoms with van der Waals surface area (Å²) in [6.45, 7) is 1.72. The third-order valence-electron chi connectivity index (χ3n) is 2.58. The normalized spacial score (nSPS) is 12.3. The highest BCUT2D eigenvalue weighted by atomic mass is 79.9.